The van der Waals surface area contributed by atoms with Gasteiger partial charge in [0.25, 0.3) is 11.6 Å². The number of amides is 1. The van der Waals surface area contributed by atoms with Crippen molar-refractivity contribution in [1.82, 2.24) is 5.43 Å². The molecule has 0 spiro atoms. The molecule has 0 radical (unpaired) electrons. The first-order valence-corrected chi connectivity index (χ1v) is 10.6. The Labute approximate surface area is 204 Å². The fraction of sp³-hybridized carbons (Fsp3) is 0.0870. The average Bonchev–Trinajstić information content (AvgIpc) is 2.80. The molecule has 3 aromatic carbocycles. The Balaban J connectivity index is 1.70. The van der Waals surface area contributed by atoms with Crippen molar-refractivity contribution in [2.45, 2.75) is 6.92 Å². The number of hydrogen-bond donors (Lipinski definition) is 1. The summed E-state index contributed by atoms with van der Waals surface area (Å²) in [7, 11) is 0. The first kappa shape index (κ1) is 24.7. The smallest absolute Gasteiger partial charge is 0.345 e. The number of halogens is 2. The van der Waals surface area contributed by atoms with Gasteiger partial charge in [-0.1, -0.05) is 23.2 Å². The molecule has 0 atom stereocenters. The van der Waals surface area contributed by atoms with Crippen molar-refractivity contribution in [2.24, 2.45) is 5.10 Å². The van der Waals surface area contributed by atoms with Crippen LogP contribution in [0.2, 0.25) is 10.0 Å². The third kappa shape index (κ3) is 6.31. The number of non-ortho nitro benzene ring substituents is 1. The summed E-state index contributed by atoms with van der Waals surface area (Å²) in [6.07, 6.45) is 1.37. The second kappa shape index (κ2) is 11.3. The minimum atomic E-state index is -0.681. The van der Waals surface area contributed by atoms with Crippen LogP contribution in [0.3, 0.4) is 0 Å². The molecule has 0 saturated carbocycles. The van der Waals surface area contributed by atoms with Crippen LogP contribution in [0.25, 0.3) is 0 Å². The predicted octanol–water partition coefficient (Wildman–Crippen LogP) is 5.28. The first-order valence-electron chi connectivity index (χ1n) is 9.80. The minimum absolute atomic E-state index is 0.123. The van der Waals surface area contributed by atoms with Crippen LogP contribution in [-0.4, -0.2) is 29.6 Å². The van der Waals surface area contributed by atoms with Crippen LogP contribution in [0.15, 0.2) is 65.8 Å². The highest BCUT2D eigenvalue weighted by molar-refractivity contribution is 6.36. The number of benzene rings is 3. The highest BCUT2D eigenvalue weighted by Crippen LogP contribution is 2.30. The maximum Gasteiger partial charge on any atom is 0.345 e. The van der Waals surface area contributed by atoms with Gasteiger partial charge in [0.15, 0.2) is 11.5 Å². The SMILES string of the molecule is CCOc1cc(/C=N\NC(=O)c2ccc([N+](=O)[O-])cc2)ccc1OC(=O)c1ccc(Cl)cc1Cl. The van der Waals surface area contributed by atoms with Crippen molar-refractivity contribution in [3.63, 3.8) is 0 Å². The van der Waals surface area contributed by atoms with Crippen LogP contribution in [-0.2, 0) is 0 Å². The summed E-state index contributed by atoms with van der Waals surface area (Å²) in [6, 6.07) is 14.2. The highest BCUT2D eigenvalue weighted by Gasteiger charge is 2.16. The van der Waals surface area contributed by atoms with E-state index in [1.807, 2.05) is 0 Å². The lowest BCUT2D eigenvalue weighted by atomic mass is 10.2. The van der Waals surface area contributed by atoms with E-state index in [-0.39, 0.29) is 33.3 Å². The first-order chi connectivity index (χ1) is 16.3. The Morgan fingerprint density at radius 1 is 1.06 bits per heavy atom. The van der Waals surface area contributed by atoms with E-state index in [9.17, 15) is 19.7 Å². The van der Waals surface area contributed by atoms with Gasteiger partial charge in [-0.25, -0.2) is 10.2 Å². The van der Waals surface area contributed by atoms with Gasteiger partial charge in [0.2, 0.25) is 0 Å². The zero-order valence-electron chi connectivity index (χ0n) is 17.7. The van der Waals surface area contributed by atoms with E-state index < -0.39 is 16.8 Å². The molecule has 0 bridgehead atoms. The van der Waals surface area contributed by atoms with Gasteiger partial charge in [0, 0.05) is 22.7 Å². The third-order valence-electron chi connectivity index (χ3n) is 4.34. The predicted molar refractivity (Wildman–Crippen MR) is 127 cm³/mol. The van der Waals surface area contributed by atoms with Crippen LogP contribution in [0, 0.1) is 10.1 Å². The lowest BCUT2D eigenvalue weighted by molar-refractivity contribution is -0.384. The van der Waals surface area contributed by atoms with Crippen LogP contribution < -0.4 is 14.9 Å². The van der Waals surface area contributed by atoms with Crippen molar-refractivity contribution >= 4 is 47.0 Å². The Hall–Kier alpha value is -3.95. The molecule has 1 N–H and O–H groups in total. The summed E-state index contributed by atoms with van der Waals surface area (Å²) in [5, 5.41) is 15.1. The summed E-state index contributed by atoms with van der Waals surface area (Å²) in [5.41, 5.74) is 3.12. The molecule has 0 aliphatic carbocycles. The summed E-state index contributed by atoms with van der Waals surface area (Å²) in [6.45, 7) is 2.08. The molecule has 3 aromatic rings. The van der Waals surface area contributed by atoms with E-state index >= 15 is 0 Å². The van der Waals surface area contributed by atoms with E-state index in [1.54, 1.807) is 19.1 Å². The van der Waals surface area contributed by atoms with Crippen LogP contribution in [0.1, 0.15) is 33.2 Å². The number of esters is 1. The second-order valence-corrected chi connectivity index (χ2v) is 7.50. The van der Waals surface area contributed by atoms with E-state index in [0.29, 0.717) is 17.2 Å². The monoisotopic (exact) mass is 501 g/mol. The van der Waals surface area contributed by atoms with E-state index in [2.05, 4.69) is 10.5 Å². The molecule has 3 rings (SSSR count). The maximum absolute atomic E-state index is 12.5. The Morgan fingerprint density at radius 3 is 2.44 bits per heavy atom. The number of nitro groups is 1. The average molecular weight is 502 g/mol. The normalized spacial score (nSPS) is 10.7. The Bertz CT molecular complexity index is 1260. The third-order valence-corrected chi connectivity index (χ3v) is 4.89. The molecule has 1 amide bonds. The molecule has 0 aliphatic heterocycles. The number of nitro benzene ring substituents is 1. The van der Waals surface area contributed by atoms with E-state index in [0.717, 1.165) is 0 Å². The van der Waals surface area contributed by atoms with Crippen LogP contribution >= 0.6 is 23.2 Å². The van der Waals surface area contributed by atoms with Gasteiger partial charge in [-0.3, -0.25) is 14.9 Å². The van der Waals surface area contributed by atoms with Gasteiger partial charge in [0.1, 0.15) is 0 Å². The molecule has 0 heterocycles. The minimum Gasteiger partial charge on any atom is -0.490 e. The quantitative estimate of drug-likeness (QED) is 0.147. The number of nitrogens with one attached hydrogen (secondary N) is 1. The molecule has 0 unspecified atom stereocenters. The largest absolute Gasteiger partial charge is 0.490 e. The number of hydrazone groups is 1. The second-order valence-electron chi connectivity index (χ2n) is 6.66. The molecule has 0 aromatic heterocycles. The molecule has 11 heteroatoms. The fourth-order valence-electron chi connectivity index (χ4n) is 2.73. The number of rotatable bonds is 8. The van der Waals surface area contributed by atoms with Crippen LogP contribution in [0.4, 0.5) is 5.69 Å². The van der Waals surface area contributed by atoms with E-state index in [4.69, 9.17) is 32.7 Å². The van der Waals surface area contributed by atoms with Gasteiger partial charge >= 0.3 is 5.97 Å². The molecular formula is C23H17Cl2N3O6. The molecule has 174 valence electrons. The Kier molecular flexibility index (Phi) is 8.18. The highest BCUT2D eigenvalue weighted by atomic mass is 35.5. The summed E-state index contributed by atoms with van der Waals surface area (Å²) >= 11 is 11.9. The lowest BCUT2D eigenvalue weighted by Crippen LogP contribution is -2.17. The number of carbonyl (C=O) groups excluding carboxylic acids is 2. The van der Waals surface area contributed by atoms with Crippen molar-refractivity contribution in [1.29, 1.82) is 0 Å². The number of carbonyl (C=O) groups is 2. The summed E-state index contributed by atoms with van der Waals surface area (Å²) in [5.74, 6) is -0.766. The zero-order valence-corrected chi connectivity index (χ0v) is 19.2. The van der Waals surface area contributed by atoms with Crippen molar-refractivity contribution in [3.05, 3.63) is 97.5 Å². The lowest BCUT2D eigenvalue weighted by Gasteiger charge is -2.12. The standard InChI is InChI=1S/C23H17Cl2N3O6/c1-2-33-21-11-14(13-26-27-22(29)15-4-7-17(8-5-15)28(31)32)3-10-20(21)34-23(30)18-9-6-16(24)12-19(18)25/h3-13H,2H2,1H3,(H,27,29)/b26-13-. The van der Waals surface area contributed by atoms with Gasteiger partial charge in [-0.05, 0) is 61.0 Å². The molecule has 0 aliphatic rings. The van der Waals surface area contributed by atoms with Gasteiger partial charge in [-0.15, -0.1) is 0 Å². The molecular weight excluding hydrogens is 485 g/mol. The summed E-state index contributed by atoms with van der Waals surface area (Å²) in [4.78, 5) is 34.8. The molecule has 0 saturated heterocycles. The number of nitrogens with zero attached hydrogens (tertiary/aromatic N) is 2. The summed E-state index contributed by atoms with van der Waals surface area (Å²) < 4.78 is 11.0. The number of ether oxygens (including phenoxy) is 2. The molecule has 34 heavy (non-hydrogen) atoms. The fourth-order valence-corrected chi connectivity index (χ4v) is 3.22. The van der Waals surface area contributed by atoms with Gasteiger partial charge in [-0.2, -0.15) is 5.10 Å². The van der Waals surface area contributed by atoms with E-state index in [1.165, 1.54) is 54.7 Å². The topological polar surface area (TPSA) is 120 Å². The van der Waals surface area contributed by atoms with Crippen molar-refractivity contribution in [2.75, 3.05) is 6.61 Å². The van der Waals surface area contributed by atoms with Gasteiger partial charge in [0.05, 0.1) is 28.3 Å². The molecule has 0 fully saturated rings. The zero-order chi connectivity index (χ0) is 24.7. The maximum atomic E-state index is 12.5. The van der Waals surface area contributed by atoms with Gasteiger partial charge < -0.3 is 9.47 Å². The number of hydrogen-bond acceptors (Lipinski definition) is 7. The Morgan fingerprint density at radius 2 is 1.79 bits per heavy atom. The van der Waals surface area contributed by atoms with Crippen molar-refractivity contribution < 1.29 is 24.0 Å². The molecule has 9 nitrogen and oxygen atoms in total. The van der Waals surface area contributed by atoms with Crippen LogP contribution in [0.5, 0.6) is 11.5 Å². The van der Waals surface area contributed by atoms with Crippen molar-refractivity contribution in [3.8, 4) is 11.5 Å².